The molecule has 1 aliphatic carbocycles. The lowest BCUT2D eigenvalue weighted by atomic mass is 9.83. The molecule has 1 saturated carbocycles. The molecule has 0 amide bonds. The van der Waals surface area contributed by atoms with Crippen molar-refractivity contribution in [3.63, 3.8) is 0 Å². The van der Waals surface area contributed by atoms with Gasteiger partial charge in [0.05, 0.1) is 0 Å². The SMILES string of the molecule is CCCNC1CCCCC1CCSc1ccccc1. The molecule has 1 aromatic carbocycles. The molecule has 19 heavy (non-hydrogen) atoms. The molecule has 1 N–H and O–H groups in total. The molecule has 0 saturated heterocycles. The number of hydrogen-bond acceptors (Lipinski definition) is 2. The predicted molar refractivity (Wildman–Crippen MR) is 85.8 cm³/mol. The van der Waals surface area contributed by atoms with E-state index in [0.29, 0.717) is 0 Å². The quantitative estimate of drug-likeness (QED) is 0.723. The van der Waals surface area contributed by atoms with Crippen LogP contribution in [0.2, 0.25) is 0 Å². The Kier molecular flexibility index (Phi) is 6.80. The van der Waals surface area contributed by atoms with Gasteiger partial charge < -0.3 is 5.32 Å². The molecule has 0 radical (unpaired) electrons. The van der Waals surface area contributed by atoms with Crippen LogP contribution >= 0.6 is 11.8 Å². The van der Waals surface area contributed by atoms with Crippen LogP contribution in [0.3, 0.4) is 0 Å². The van der Waals surface area contributed by atoms with Crippen molar-refractivity contribution in [2.24, 2.45) is 5.92 Å². The van der Waals surface area contributed by atoms with Crippen LogP contribution in [0, 0.1) is 5.92 Å². The summed E-state index contributed by atoms with van der Waals surface area (Å²) in [5.74, 6) is 2.16. The fourth-order valence-corrected chi connectivity index (χ4v) is 4.00. The van der Waals surface area contributed by atoms with E-state index in [0.717, 1.165) is 12.0 Å². The summed E-state index contributed by atoms with van der Waals surface area (Å²) in [5, 5.41) is 3.76. The Labute approximate surface area is 122 Å². The second-order valence-corrected chi connectivity index (χ2v) is 6.72. The molecule has 2 rings (SSSR count). The van der Waals surface area contributed by atoms with E-state index in [9.17, 15) is 0 Å². The summed E-state index contributed by atoms with van der Waals surface area (Å²) >= 11 is 2.01. The molecule has 2 unspecified atom stereocenters. The summed E-state index contributed by atoms with van der Waals surface area (Å²) in [6, 6.07) is 11.6. The van der Waals surface area contributed by atoms with Gasteiger partial charge in [-0.1, -0.05) is 38.0 Å². The molecular weight excluding hydrogens is 250 g/mol. The molecule has 2 heteroatoms. The standard InChI is InChI=1S/C17H27NS/c1-2-13-18-17-11-7-6-8-15(17)12-14-19-16-9-4-3-5-10-16/h3-5,9-10,15,17-18H,2,6-8,11-14H2,1H3. The summed E-state index contributed by atoms with van der Waals surface area (Å²) in [4.78, 5) is 1.41. The minimum absolute atomic E-state index is 0.782. The predicted octanol–water partition coefficient (Wildman–Crippen LogP) is 4.73. The lowest BCUT2D eigenvalue weighted by Crippen LogP contribution is -2.39. The third-order valence-electron chi connectivity index (χ3n) is 4.07. The van der Waals surface area contributed by atoms with E-state index in [2.05, 4.69) is 42.6 Å². The van der Waals surface area contributed by atoms with Crippen LogP contribution in [0.4, 0.5) is 0 Å². The molecular formula is C17H27NS. The monoisotopic (exact) mass is 277 g/mol. The molecule has 1 nitrogen and oxygen atoms in total. The van der Waals surface area contributed by atoms with Gasteiger partial charge in [0, 0.05) is 10.9 Å². The molecule has 1 aromatic rings. The molecule has 1 fully saturated rings. The van der Waals surface area contributed by atoms with Crippen molar-refractivity contribution < 1.29 is 0 Å². The Morgan fingerprint density at radius 2 is 1.95 bits per heavy atom. The number of rotatable bonds is 7. The van der Waals surface area contributed by atoms with Gasteiger partial charge in [0.2, 0.25) is 0 Å². The van der Waals surface area contributed by atoms with Crippen LogP contribution in [-0.4, -0.2) is 18.3 Å². The van der Waals surface area contributed by atoms with Gasteiger partial charge in [-0.2, -0.15) is 0 Å². The molecule has 0 aliphatic heterocycles. The third-order valence-corrected chi connectivity index (χ3v) is 5.11. The number of thioether (sulfide) groups is 1. The van der Waals surface area contributed by atoms with Crippen molar-refractivity contribution in [3.8, 4) is 0 Å². The minimum atomic E-state index is 0.782. The van der Waals surface area contributed by atoms with Crippen LogP contribution in [0.25, 0.3) is 0 Å². The lowest BCUT2D eigenvalue weighted by molar-refractivity contribution is 0.258. The highest BCUT2D eigenvalue weighted by atomic mass is 32.2. The van der Waals surface area contributed by atoms with Crippen LogP contribution in [-0.2, 0) is 0 Å². The Balaban J connectivity index is 1.73. The van der Waals surface area contributed by atoms with E-state index in [1.165, 1.54) is 55.7 Å². The average Bonchev–Trinajstić information content (AvgIpc) is 2.47. The van der Waals surface area contributed by atoms with Gasteiger partial charge in [-0.15, -0.1) is 11.8 Å². The van der Waals surface area contributed by atoms with Gasteiger partial charge in [0.25, 0.3) is 0 Å². The second kappa shape index (κ2) is 8.65. The first kappa shape index (κ1) is 14.9. The van der Waals surface area contributed by atoms with Crippen molar-refractivity contribution in [1.29, 1.82) is 0 Å². The van der Waals surface area contributed by atoms with E-state index in [4.69, 9.17) is 0 Å². The maximum atomic E-state index is 3.76. The molecule has 0 spiro atoms. The topological polar surface area (TPSA) is 12.0 Å². The zero-order valence-corrected chi connectivity index (χ0v) is 12.9. The fourth-order valence-electron chi connectivity index (χ4n) is 3.00. The highest BCUT2D eigenvalue weighted by Gasteiger charge is 2.23. The summed E-state index contributed by atoms with van der Waals surface area (Å²) in [6.45, 7) is 3.45. The highest BCUT2D eigenvalue weighted by Crippen LogP contribution is 2.29. The second-order valence-electron chi connectivity index (χ2n) is 5.56. The maximum absolute atomic E-state index is 3.76. The smallest absolute Gasteiger partial charge is 0.00956 e. The Morgan fingerprint density at radius 3 is 2.74 bits per heavy atom. The highest BCUT2D eigenvalue weighted by molar-refractivity contribution is 7.99. The van der Waals surface area contributed by atoms with E-state index in [-0.39, 0.29) is 0 Å². The maximum Gasteiger partial charge on any atom is 0.00956 e. The van der Waals surface area contributed by atoms with Gasteiger partial charge in [0.1, 0.15) is 0 Å². The van der Waals surface area contributed by atoms with Gasteiger partial charge >= 0.3 is 0 Å². The first-order valence-electron chi connectivity index (χ1n) is 7.81. The summed E-state index contributed by atoms with van der Waals surface area (Å²) in [6.07, 6.45) is 8.29. The zero-order chi connectivity index (χ0) is 13.3. The molecule has 0 aromatic heterocycles. The molecule has 1 aliphatic rings. The average molecular weight is 277 g/mol. The van der Waals surface area contributed by atoms with Crippen LogP contribution in [0.5, 0.6) is 0 Å². The lowest BCUT2D eigenvalue weighted by Gasteiger charge is -2.32. The molecule has 2 atom stereocenters. The normalized spacial score (nSPS) is 23.4. The largest absolute Gasteiger partial charge is 0.314 e. The van der Waals surface area contributed by atoms with Crippen molar-refractivity contribution in [2.45, 2.75) is 56.4 Å². The van der Waals surface area contributed by atoms with Gasteiger partial charge in [-0.3, -0.25) is 0 Å². The molecule has 0 bridgehead atoms. The first-order valence-corrected chi connectivity index (χ1v) is 8.80. The zero-order valence-electron chi connectivity index (χ0n) is 12.1. The van der Waals surface area contributed by atoms with Crippen molar-refractivity contribution in [1.82, 2.24) is 5.32 Å². The summed E-state index contributed by atoms with van der Waals surface area (Å²) < 4.78 is 0. The minimum Gasteiger partial charge on any atom is -0.314 e. The Bertz CT molecular complexity index is 338. The van der Waals surface area contributed by atoms with Crippen LogP contribution in [0.15, 0.2) is 35.2 Å². The van der Waals surface area contributed by atoms with Crippen molar-refractivity contribution in [2.75, 3.05) is 12.3 Å². The van der Waals surface area contributed by atoms with Crippen LogP contribution in [0.1, 0.15) is 45.4 Å². The molecule has 106 valence electrons. The first-order chi connectivity index (χ1) is 9.40. The van der Waals surface area contributed by atoms with Gasteiger partial charge in [-0.25, -0.2) is 0 Å². The summed E-state index contributed by atoms with van der Waals surface area (Å²) in [7, 11) is 0. The van der Waals surface area contributed by atoms with Crippen LogP contribution < -0.4 is 5.32 Å². The van der Waals surface area contributed by atoms with Crippen molar-refractivity contribution >= 4 is 11.8 Å². The van der Waals surface area contributed by atoms with Gasteiger partial charge in [-0.05, 0) is 56.0 Å². The molecule has 0 heterocycles. The number of nitrogens with one attached hydrogen (secondary N) is 1. The van der Waals surface area contributed by atoms with Gasteiger partial charge in [0.15, 0.2) is 0 Å². The van der Waals surface area contributed by atoms with Crippen molar-refractivity contribution in [3.05, 3.63) is 30.3 Å². The Morgan fingerprint density at radius 1 is 1.16 bits per heavy atom. The van der Waals surface area contributed by atoms with E-state index in [1.807, 2.05) is 11.8 Å². The fraction of sp³-hybridized carbons (Fsp3) is 0.647. The van der Waals surface area contributed by atoms with E-state index >= 15 is 0 Å². The third kappa shape index (κ3) is 5.19. The Hall–Kier alpha value is -0.470. The summed E-state index contributed by atoms with van der Waals surface area (Å²) in [5.41, 5.74) is 0. The van der Waals surface area contributed by atoms with E-state index < -0.39 is 0 Å². The number of benzene rings is 1. The van der Waals surface area contributed by atoms with E-state index in [1.54, 1.807) is 0 Å². The number of hydrogen-bond donors (Lipinski definition) is 1.